The molecule has 4 aliphatic rings. The SMILES string of the molecule is C=CCO[C@@H]1[C@H]2OC(=O)CCCCCCCCC[C@H](CCC)O[C@@H]3O[C@H](C)[C@@H](OCc4ccccc4)[C@H](OCc4ccccc4)[C@H]3O[C@@H]3O[C@H](C)[C@@H](OCc4ccccc4)[C@H](O[C@@H]2O[C@H](C)[C@H]1OCc1ccccc1)[C@H]3O. The Morgan fingerprint density at radius 1 is 0.494 bits per heavy atom. The molecule has 0 aromatic heterocycles. The van der Waals surface area contributed by atoms with Crippen molar-refractivity contribution in [1.82, 2.24) is 0 Å². The molecule has 4 aromatic carbocycles. The van der Waals surface area contributed by atoms with Crippen LogP contribution in [0, 0.1) is 0 Å². The van der Waals surface area contributed by atoms with Crippen LogP contribution in [0.4, 0.5) is 0 Å². The smallest absolute Gasteiger partial charge is 0.306 e. The third-order valence-corrected chi connectivity index (χ3v) is 14.9. The van der Waals surface area contributed by atoms with Crippen molar-refractivity contribution in [3.8, 4) is 0 Å². The maximum absolute atomic E-state index is 14.1. The van der Waals surface area contributed by atoms with E-state index in [-0.39, 0.29) is 45.6 Å². The molecule has 0 spiro atoms. The van der Waals surface area contributed by atoms with Crippen LogP contribution in [-0.4, -0.2) is 116 Å². The van der Waals surface area contributed by atoms with E-state index in [4.69, 9.17) is 56.8 Å². The summed E-state index contributed by atoms with van der Waals surface area (Å²) in [6, 6.07) is 39.5. The summed E-state index contributed by atoms with van der Waals surface area (Å²) in [7, 11) is 0. The Morgan fingerprint density at radius 2 is 0.909 bits per heavy atom. The van der Waals surface area contributed by atoms with E-state index in [0.29, 0.717) is 6.42 Å². The fourth-order valence-corrected chi connectivity index (χ4v) is 10.8. The van der Waals surface area contributed by atoms with Gasteiger partial charge in [-0.05, 0) is 62.3 Å². The van der Waals surface area contributed by atoms with Crippen molar-refractivity contribution in [2.75, 3.05) is 6.61 Å². The van der Waals surface area contributed by atoms with Crippen molar-refractivity contribution in [2.24, 2.45) is 0 Å². The van der Waals surface area contributed by atoms with Crippen molar-refractivity contribution in [3.05, 3.63) is 156 Å². The van der Waals surface area contributed by atoms with Gasteiger partial charge in [0.05, 0.1) is 57.5 Å². The Morgan fingerprint density at radius 3 is 1.42 bits per heavy atom. The van der Waals surface area contributed by atoms with Gasteiger partial charge in [0.2, 0.25) is 0 Å². The summed E-state index contributed by atoms with van der Waals surface area (Å²) in [5.74, 6) is -0.415. The van der Waals surface area contributed by atoms with Crippen LogP contribution in [0.3, 0.4) is 0 Å². The van der Waals surface area contributed by atoms with E-state index in [0.717, 1.165) is 80.0 Å². The lowest BCUT2D eigenvalue weighted by atomic mass is 9.95. The summed E-state index contributed by atoms with van der Waals surface area (Å²) in [5.41, 5.74) is 3.81. The zero-order chi connectivity index (χ0) is 53.8. The zero-order valence-corrected chi connectivity index (χ0v) is 45.6. The van der Waals surface area contributed by atoms with Gasteiger partial charge in [-0.15, -0.1) is 6.58 Å². The van der Waals surface area contributed by atoms with Gasteiger partial charge in [0.15, 0.2) is 25.0 Å². The number of rotatable bonds is 17. The van der Waals surface area contributed by atoms with E-state index in [2.05, 4.69) is 13.5 Å². The first-order valence-electron chi connectivity index (χ1n) is 28.3. The van der Waals surface area contributed by atoms with Crippen LogP contribution >= 0.6 is 0 Å². The molecule has 0 aliphatic carbocycles. The molecule has 1 N–H and O–H groups in total. The van der Waals surface area contributed by atoms with Crippen LogP contribution in [0.25, 0.3) is 0 Å². The molecule has 4 aromatic rings. The summed E-state index contributed by atoms with van der Waals surface area (Å²) < 4.78 is 81.9. The molecule has 77 heavy (non-hydrogen) atoms. The molecular formula is C63H84O14. The summed E-state index contributed by atoms with van der Waals surface area (Å²) >= 11 is 0. The first-order valence-corrected chi connectivity index (χ1v) is 28.3. The largest absolute Gasteiger partial charge is 0.454 e. The van der Waals surface area contributed by atoms with Crippen LogP contribution in [0.15, 0.2) is 134 Å². The van der Waals surface area contributed by atoms with Gasteiger partial charge in [-0.3, -0.25) is 4.79 Å². The van der Waals surface area contributed by atoms with Gasteiger partial charge < -0.3 is 61.9 Å². The van der Waals surface area contributed by atoms with E-state index >= 15 is 0 Å². The Balaban J connectivity index is 1.17. The minimum atomic E-state index is -1.52. The number of fused-ring (bicyclic) bond motifs is 4. The third-order valence-electron chi connectivity index (χ3n) is 14.9. The van der Waals surface area contributed by atoms with Crippen molar-refractivity contribution < 1.29 is 66.7 Å². The number of carbonyl (C=O) groups is 1. The minimum absolute atomic E-state index is 0.132. The van der Waals surface area contributed by atoms with Gasteiger partial charge in [0, 0.05) is 6.42 Å². The van der Waals surface area contributed by atoms with Crippen LogP contribution in [0.2, 0.25) is 0 Å². The standard InChI is InChI=1S/C63H84O14/c1-6-27-50-36-25-11-9-8-10-12-26-37-51(64)75-59-57(66-38-7-2)54(68-40-47-30-19-14-20-31-47)44(4)73-63(59)76-56-52(65)61(71-43(3)53(56)67-39-46-28-17-13-18-29-46)77-60-58(70-42-49-34-23-16-24-35-49)55(45(5)72-62(60)74-50)69-41-48-32-21-15-22-33-48/h7,13-24,28-35,43-45,50,52-63,65H,2,6,8-12,25-27,36-42H2,1,3-5H3/t43-,44-,45-,50+,52-,53-,54-,55-,56-,57+,58+,59-,60-,61+,62+,63+/m1/s1. The number of hydrogen-bond acceptors (Lipinski definition) is 14. The highest BCUT2D eigenvalue weighted by atomic mass is 16.8. The van der Waals surface area contributed by atoms with Crippen molar-refractivity contribution >= 4 is 5.97 Å². The summed E-state index contributed by atoms with van der Waals surface area (Å²) in [6.07, 6.45) is -3.22. The number of carbonyl (C=O) groups excluding carboxylic acids is 1. The van der Waals surface area contributed by atoms with Crippen molar-refractivity contribution in [3.63, 3.8) is 0 Å². The zero-order valence-electron chi connectivity index (χ0n) is 45.6. The molecule has 14 heteroatoms. The highest BCUT2D eigenvalue weighted by Crippen LogP contribution is 2.38. The fourth-order valence-electron chi connectivity index (χ4n) is 10.8. The second-order valence-electron chi connectivity index (χ2n) is 21.0. The van der Waals surface area contributed by atoms with E-state index in [1.165, 1.54) is 0 Å². The molecule has 4 heterocycles. The van der Waals surface area contributed by atoms with Gasteiger partial charge in [0.25, 0.3) is 0 Å². The number of ether oxygens (including phenoxy) is 12. The lowest BCUT2D eigenvalue weighted by Crippen LogP contribution is -2.67. The van der Waals surface area contributed by atoms with Crippen molar-refractivity contribution in [2.45, 2.75) is 223 Å². The van der Waals surface area contributed by atoms with Crippen LogP contribution in [0.5, 0.6) is 0 Å². The number of aliphatic hydroxyl groups is 1. The Kier molecular flexibility index (Phi) is 23.5. The third kappa shape index (κ3) is 17.1. The van der Waals surface area contributed by atoms with Crippen molar-refractivity contribution in [1.29, 1.82) is 0 Å². The maximum atomic E-state index is 14.1. The van der Waals surface area contributed by atoms with Gasteiger partial charge in [-0.1, -0.05) is 179 Å². The Hall–Kier alpha value is -4.39. The first-order chi connectivity index (χ1) is 37.7. The van der Waals surface area contributed by atoms with Gasteiger partial charge in [0.1, 0.15) is 48.8 Å². The number of esters is 1. The summed E-state index contributed by atoms with van der Waals surface area (Å²) in [4.78, 5) is 14.1. The second kappa shape index (κ2) is 30.8. The van der Waals surface area contributed by atoms with Crippen LogP contribution in [-0.2, 0) is 88.1 Å². The summed E-state index contributed by atoms with van der Waals surface area (Å²) in [6.45, 7) is 12.9. The number of aliphatic hydroxyl groups excluding tert-OH is 1. The molecule has 420 valence electrons. The average molecular weight is 1070 g/mol. The Labute approximate surface area is 456 Å². The van der Waals surface area contributed by atoms with E-state index < -0.39 is 98.1 Å². The topological polar surface area (TPSA) is 148 Å². The lowest BCUT2D eigenvalue weighted by molar-refractivity contribution is -0.391. The minimum Gasteiger partial charge on any atom is -0.454 e. The molecule has 0 saturated carbocycles. The lowest BCUT2D eigenvalue weighted by Gasteiger charge is -2.50. The predicted octanol–water partition coefficient (Wildman–Crippen LogP) is 10.9. The van der Waals surface area contributed by atoms with Crippen LogP contribution < -0.4 is 0 Å². The molecule has 0 amide bonds. The molecule has 8 rings (SSSR count). The van der Waals surface area contributed by atoms with Gasteiger partial charge in [-0.2, -0.15) is 0 Å². The number of benzene rings is 4. The normalized spacial score (nSPS) is 33.0. The predicted molar refractivity (Wildman–Crippen MR) is 290 cm³/mol. The fraction of sp³-hybridized carbons (Fsp3) is 0.571. The van der Waals surface area contributed by atoms with E-state index in [1.807, 2.05) is 142 Å². The highest BCUT2D eigenvalue weighted by molar-refractivity contribution is 5.69. The molecule has 0 radical (unpaired) electrons. The van der Waals surface area contributed by atoms with Gasteiger partial charge >= 0.3 is 5.97 Å². The molecule has 16 atom stereocenters. The molecule has 14 nitrogen and oxygen atoms in total. The van der Waals surface area contributed by atoms with Gasteiger partial charge in [-0.25, -0.2) is 0 Å². The molecule has 4 aliphatic heterocycles. The second-order valence-corrected chi connectivity index (χ2v) is 21.0. The molecule has 2 bridgehead atoms. The molecule has 0 unspecified atom stereocenters. The van der Waals surface area contributed by atoms with E-state index in [1.54, 1.807) is 6.08 Å². The molecule has 4 fully saturated rings. The average Bonchev–Trinajstić information content (AvgIpc) is 3.46. The first kappa shape index (κ1) is 58.8. The van der Waals surface area contributed by atoms with E-state index in [9.17, 15) is 9.90 Å². The monoisotopic (exact) mass is 1060 g/mol. The molecule has 4 saturated heterocycles. The summed E-state index contributed by atoms with van der Waals surface area (Å²) in [5, 5.41) is 13.0. The highest BCUT2D eigenvalue weighted by Gasteiger charge is 2.56. The quantitative estimate of drug-likeness (QED) is 0.0790. The number of hydrogen-bond donors (Lipinski definition) is 1. The van der Waals surface area contributed by atoms with Crippen LogP contribution in [0.1, 0.15) is 121 Å². The maximum Gasteiger partial charge on any atom is 0.306 e. The molecular weight excluding hydrogens is 981 g/mol. The Bertz CT molecular complexity index is 2280.